The van der Waals surface area contributed by atoms with Crippen molar-refractivity contribution in [3.05, 3.63) is 52.0 Å². The SMILES string of the molecule is O=C(NCc1cscn1)NCC(O)c1c(F)cccc1F. The molecule has 8 heteroatoms. The predicted molar refractivity (Wildman–Crippen MR) is 73.7 cm³/mol. The lowest BCUT2D eigenvalue weighted by Gasteiger charge is -2.14. The number of carbonyl (C=O) groups is 1. The van der Waals surface area contributed by atoms with E-state index in [1.807, 2.05) is 0 Å². The summed E-state index contributed by atoms with van der Waals surface area (Å²) in [5, 5.41) is 16.4. The Morgan fingerprint density at radius 1 is 1.33 bits per heavy atom. The Balaban J connectivity index is 1.83. The van der Waals surface area contributed by atoms with Crippen LogP contribution in [-0.4, -0.2) is 22.7 Å². The Hall–Kier alpha value is -2.06. The number of aliphatic hydroxyl groups excluding tert-OH is 1. The van der Waals surface area contributed by atoms with E-state index in [0.29, 0.717) is 5.69 Å². The van der Waals surface area contributed by atoms with Gasteiger partial charge in [-0.3, -0.25) is 0 Å². The lowest BCUT2D eigenvalue weighted by molar-refractivity contribution is 0.164. The number of thiazole rings is 1. The third-order valence-electron chi connectivity index (χ3n) is 2.70. The van der Waals surface area contributed by atoms with Gasteiger partial charge >= 0.3 is 6.03 Å². The third kappa shape index (κ3) is 4.20. The number of benzene rings is 1. The molecule has 0 aliphatic heterocycles. The van der Waals surface area contributed by atoms with Crippen molar-refractivity contribution in [3.63, 3.8) is 0 Å². The van der Waals surface area contributed by atoms with Crippen molar-refractivity contribution in [3.8, 4) is 0 Å². The molecule has 1 aromatic carbocycles. The second-order valence-electron chi connectivity index (χ2n) is 4.19. The van der Waals surface area contributed by atoms with Gasteiger partial charge in [0.2, 0.25) is 0 Å². The molecule has 0 saturated carbocycles. The number of nitrogens with zero attached hydrogens (tertiary/aromatic N) is 1. The Morgan fingerprint density at radius 2 is 2.05 bits per heavy atom. The maximum absolute atomic E-state index is 13.4. The van der Waals surface area contributed by atoms with E-state index in [1.165, 1.54) is 17.4 Å². The van der Waals surface area contributed by atoms with E-state index < -0.39 is 29.3 Å². The van der Waals surface area contributed by atoms with Gasteiger partial charge in [-0.1, -0.05) is 6.07 Å². The van der Waals surface area contributed by atoms with Crippen LogP contribution in [0.15, 0.2) is 29.1 Å². The van der Waals surface area contributed by atoms with Crippen molar-refractivity contribution in [2.45, 2.75) is 12.6 Å². The third-order valence-corrected chi connectivity index (χ3v) is 3.34. The van der Waals surface area contributed by atoms with Crippen LogP contribution in [0.5, 0.6) is 0 Å². The maximum atomic E-state index is 13.4. The van der Waals surface area contributed by atoms with Crippen molar-refractivity contribution in [1.29, 1.82) is 0 Å². The molecule has 2 aromatic rings. The van der Waals surface area contributed by atoms with Gasteiger partial charge < -0.3 is 15.7 Å². The second kappa shape index (κ2) is 7.09. The van der Waals surface area contributed by atoms with Crippen LogP contribution in [0.2, 0.25) is 0 Å². The number of nitrogens with one attached hydrogen (secondary N) is 2. The van der Waals surface area contributed by atoms with Gasteiger partial charge in [-0.15, -0.1) is 11.3 Å². The summed E-state index contributed by atoms with van der Waals surface area (Å²) >= 11 is 1.40. The molecule has 1 aromatic heterocycles. The van der Waals surface area contributed by atoms with Crippen molar-refractivity contribution in [1.82, 2.24) is 15.6 Å². The maximum Gasteiger partial charge on any atom is 0.315 e. The molecule has 5 nitrogen and oxygen atoms in total. The fraction of sp³-hybridized carbons (Fsp3) is 0.231. The van der Waals surface area contributed by atoms with Gasteiger partial charge in [0.05, 0.1) is 23.3 Å². The number of rotatable bonds is 5. The average Bonchev–Trinajstić information content (AvgIpc) is 2.96. The molecule has 0 aliphatic rings. The molecule has 0 aliphatic carbocycles. The van der Waals surface area contributed by atoms with Crippen molar-refractivity contribution < 1.29 is 18.7 Å². The van der Waals surface area contributed by atoms with E-state index in [4.69, 9.17) is 0 Å². The summed E-state index contributed by atoms with van der Waals surface area (Å²) in [5.41, 5.74) is 1.88. The number of aliphatic hydroxyl groups is 1. The molecule has 2 rings (SSSR count). The first-order valence-electron chi connectivity index (χ1n) is 6.08. The highest BCUT2D eigenvalue weighted by Gasteiger charge is 2.18. The average molecular weight is 313 g/mol. The Kier molecular flexibility index (Phi) is 5.18. The molecule has 21 heavy (non-hydrogen) atoms. The summed E-state index contributed by atoms with van der Waals surface area (Å²) in [4.78, 5) is 15.5. The highest BCUT2D eigenvalue weighted by atomic mass is 32.1. The standard InChI is InChI=1S/C13H13F2N3O2S/c14-9-2-1-3-10(15)12(9)11(19)5-17-13(20)16-4-8-6-21-7-18-8/h1-3,6-7,11,19H,4-5H2,(H2,16,17,20). The minimum absolute atomic E-state index is 0.236. The number of hydrogen-bond acceptors (Lipinski definition) is 4. The summed E-state index contributed by atoms with van der Waals surface area (Å²) in [6, 6.07) is 2.74. The molecular weight excluding hydrogens is 300 g/mol. The summed E-state index contributed by atoms with van der Waals surface area (Å²) in [6.07, 6.45) is -1.46. The molecule has 1 atom stereocenters. The van der Waals surface area contributed by atoms with Gasteiger partial charge in [-0.25, -0.2) is 18.6 Å². The van der Waals surface area contributed by atoms with E-state index in [-0.39, 0.29) is 13.1 Å². The highest BCUT2D eigenvalue weighted by Crippen LogP contribution is 2.19. The van der Waals surface area contributed by atoms with Crippen LogP contribution in [-0.2, 0) is 6.54 Å². The molecule has 1 heterocycles. The van der Waals surface area contributed by atoms with Crippen LogP contribution < -0.4 is 10.6 Å². The molecule has 3 N–H and O–H groups in total. The quantitative estimate of drug-likeness (QED) is 0.790. The number of urea groups is 1. The second-order valence-corrected chi connectivity index (χ2v) is 4.91. The van der Waals surface area contributed by atoms with Gasteiger partial charge in [0, 0.05) is 11.9 Å². The van der Waals surface area contributed by atoms with Gasteiger partial charge in [-0.2, -0.15) is 0 Å². The van der Waals surface area contributed by atoms with Crippen LogP contribution in [0.3, 0.4) is 0 Å². The minimum atomic E-state index is -1.46. The van der Waals surface area contributed by atoms with E-state index in [0.717, 1.165) is 12.1 Å². The smallest absolute Gasteiger partial charge is 0.315 e. The largest absolute Gasteiger partial charge is 0.386 e. The molecule has 0 saturated heterocycles. The van der Waals surface area contributed by atoms with Crippen LogP contribution in [0, 0.1) is 11.6 Å². The number of amides is 2. The van der Waals surface area contributed by atoms with E-state index >= 15 is 0 Å². The van der Waals surface area contributed by atoms with Gasteiger partial charge in [0.25, 0.3) is 0 Å². The van der Waals surface area contributed by atoms with Crippen molar-refractivity contribution in [2.24, 2.45) is 0 Å². The monoisotopic (exact) mass is 313 g/mol. The molecule has 0 radical (unpaired) electrons. The first-order valence-corrected chi connectivity index (χ1v) is 7.03. The van der Waals surface area contributed by atoms with Gasteiger partial charge in [0.1, 0.15) is 17.7 Å². The zero-order valence-electron chi connectivity index (χ0n) is 10.8. The predicted octanol–water partition coefficient (Wildman–Crippen LogP) is 1.95. The normalized spacial score (nSPS) is 12.0. The molecule has 0 bridgehead atoms. The molecule has 0 fully saturated rings. The van der Waals surface area contributed by atoms with Gasteiger partial charge in [-0.05, 0) is 12.1 Å². The summed E-state index contributed by atoms with van der Waals surface area (Å²) in [5.74, 6) is -1.71. The van der Waals surface area contributed by atoms with Crippen molar-refractivity contribution >= 4 is 17.4 Å². The lowest BCUT2D eigenvalue weighted by atomic mass is 10.1. The van der Waals surface area contributed by atoms with Crippen molar-refractivity contribution in [2.75, 3.05) is 6.54 Å². The minimum Gasteiger partial charge on any atom is -0.386 e. The number of carbonyl (C=O) groups excluding carboxylic acids is 1. The summed E-state index contributed by atoms with van der Waals surface area (Å²) in [6.45, 7) is -0.0692. The molecular formula is C13H13F2N3O2S. The zero-order chi connectivity index (χ0) is 15.2. The lowest BCUT2D eigenvalue weighted by Crippen LogP contribution is -2.37. The van der Waals surface area contributed by atoms with Crippen LogP contribution >= 0.6 is 11.3 Å². The van der Waals surface area contributed by atoms with Crippen LogP contribution in [0.1, 0.15) is 17.4 Å². The number of aromatic nitrogens is 1. The summed E-state index contributed by atoms with van der Waals surface area (Å²) < 4.78 is 26.8. The summed E-state index contributed by atoms with van der Waals surface area (Å²) in [7, 11) is 0. The van der Waals surface area contributed by atoms with Gasteiger partial charge in [0.15, 0.2) is 0 Å². The molecule has 0 spiro atoms. The van der Waals surface area contributed by atoms with Crippen LogP contribution in [0.4, 0.5) is 13.6 Å². The zero-order valence-corrected chi connectivity index (χ0v) is 11.7. The fourth-order valence-electron chi connectivity index (χ4n) is 1.68. The Morgan fingerprint density at radius 3 is 2.67 bits per heavy atom. The molecule has 112 valence electrons. The fourth-order valence-corrected chi connectivity index (χ4v) is 2.24. The molecule has 1 unspecified atom stereocenters. The Labute approximate surface area is 123 Å². The topological polar surface area (TPSA) is 74.2 Å². The van der Waals surface area contributed by atoms with E-state index in [9.17, 15) is 18.7 Å². The first-order chi connectivity index (χ1) is 10.1. The van der Waals surface area contributed by atoms with E-state index in [2.05, 4.69) is 15.6 Å². The number of halogens is 2. The van der Waals surface area contributed by atoms with E-state index in [1.54, 1.807) is 10.9 Å². The Bertz CT molecular complexity index is 587. The first kappa shape index (κ1) is 15.3. The van der Waals surface area contributed by atoms with Crippen LogP contribution in [0.25, 0.3) is 0 Å². The molecule has 2 amide bonds. The highest BCUT2D eigenvalue weighted by molar-refractivity contribution is 7.07. The number of hydrogen-bond donors (Lipinski definition) is 3.